The summed E-state index contributed by atoms with van der Waals surface area (Å²) in [4.78, 5) is 10.2. The van der Waals surface area contributed by atoms with Gasteiger partial charge in [0.15, 0.2) is 0 Å². The molecule has 0 atom stereocenters. The first-order valence-corrected chi connectivity index (χ1v) is 52.6. The van der Waals surface area contributed by atoms with Gasteiger partial charge in [0.1, 0.15) is 11.5 Å². The van der Waals surface area contributed by atoms with E-state index in [-0.39, 0.29) is 32.5 Å². The number of hydrogen-bond acceptors (Lipinski definition) is 5. The molecule has 5 nitrogen and oxygen atoms in total. The van der Waals surface area contributed by atoms with Gasteiger partial charge in [0, 0.05) is 80.7 Å². The molecule has 141 heavy (non-hydrogen) atoms. The summed E-state index contributed by atoms with van der Waals surface area (Å²) in [7, 11) is 0. The molecule has 17 rings (SSSR count). The van der Waals surface area contributed by atoms with Crippen LogP contribution in [0.25, 0.3) is 44.2 Å². The molecule has 6 heteroatoms. The highest BCUT2D eigenvalue weighted by Gasteiger charge is 2.29. The van der Waals surface area contributed by atoms with Crippen LogP contribution in [0, 0.1) is 5.41 Å². The van der Waals surface area contributed by atoms with Gasteiger partial charge in [-0.25, -0.2) is 0 Å². The van der Waals surface area contributed by atoms with E-state index in [1.54, 1.807) is 5.56 Å². The van der Waals surface area contributed by atoms with Crippen molar-refractivity contribution in [2.45, 2.75) is 288 Å². The van der Waals surface area contributed by atoms with E-state index < -0.39 is 0 Å². The Morgan fingerprint density at radius 2 is 0.617 bits per heavy atom. The average Bonchev–Trinajstić information content (AvgIpc) is 0.810. The summed E-state index contributed by atoms with van der Waals surface area (Å²) in [5, 5.41) is 3.43. The Balaban J connectivity index is 0.000000177. The highest BCUT2D eigenvalue weighted by molar-refractivity contribution is 6.30. The molecule has 14 aromatic rings. The van der Waals surface area contributed by atoms with Crippen molar-refractivity contribution in [2.24, 2.45) is 5.41 Å². The van der Waals surface area contributed by atoms with E-state index in [2.05, 4.69) is 516 Å². The zero-order valence-electron chi connectivity index (χ0n) is 91.7. The SMILES string of the molecule is CC(C)(C)CCc1ccccc1.CC(C)(C)N1CCN(Cc2ccccc2)CC1.CC(C)(C)N1CCN(c2ccccc2)CC1.CC(C)(C)c1ccc(-c2ccc(Cl)cc2)cc1.CC(C)(C)c1ccc(-c2ccccc2)cc1.CC(C)(C)c1ccc(C2CCCCC2)cc1.CC(C)(C)c1ccc(Oc2ccccc2)cc1.CC(C)(C)c1ccc2ccccc2c1.CC(C)(C)c1ccccc1-c1ccccc1. The lowest BCUT2D eigenvalue weighted by Crippen LogP contribution is -2.53. The molecule has 0 spiro atoms. The maximum absolute atomic E-state index is 5.88. The van der Waals surface area contributed by atoms with Crippen LogP contribution in [-0.4, -0.2) is 78.1 Å². The number of fused-ring (bicyclic) bond motifs is 1. The van der Waals surface area contributed by atoms with Gasteiger partial charge in [0.2, 0.25) is 0 Å². The molecule has 2 heterocycles. The third-order valence-electron chi connectivity index (χ3n) is 26.7. The van der Waals surface area contributed by atoms with Crippen LogP contribution in [0.1, 0.15) is 281 Å². The monoisotopic (exact) mass is 1900 g/mol. The van der Waals surface area contributed by atoms with Crippen molar-refractivity contribution in [3.8, 4) is 44.9 Å². The second-order valence-electron chi connectivity index (χ2n) is 47.8. The molecule has 0 aromatic heterocycles. The number of halogens is 1. The van der Waals surface area contributed by atoms with Crippen molar-refractivity contribution in [1.82, 2.24) is 14.7 Å². The fourth-order valence-electron chi connectivity index (χ4n) is 17.5. The Hall–Kier alpha value is -10.9. The van der Waals surface area contributed by atoms with E-state index in [1.165, 1.54) is 179 Å². The van der Waals surface area contributed by atoms with Crippen molar-refractivity contribution >= 4 is 28.1 Å². The van der Waals surface area contributed by atoms with Gasteiger partial charge in [-0.3, -0.25) is 14.7 Å². The standard InChI is InChI=1S/C16H17Cl.C16H18O.C16H18.C16H24.C16H18.C15H24N2.C14H22N2.C14H16.C12H18/c1-16(2,3)14-8-4-12(5-9-14)13-6-10-15(17)11-7-13;1-16(2,3)13-9-11-15(12-10-13)17-14-7-5-4-6-8-14;1-16(2,3)15-12-8-7-11-14(15)13-9-5-4-6-10-13;2*1-16(2,3)15-11-9-14(10-12-15)13-7-5-4-6-8-13;1-15(2,3)17-11-9-16(10-12-17)13-14-7-5-4-6-8-14;1-14(2,3)16-11-9-15(10-12-16)13-7-5-4-6-8-13;1-14(2,3)13-9-8-11-6-4-5-7-12(11)10-13;1-12(2,3)10-9-11-7-5-4-6-8-11/h4-11H,1-3H3;4-12H,1-3H3;4-12H,1-3H3;9-13H,4-8H2,1-3H3;4-12H,1-3H3;4-8H,9-13H2,1-3H3;4-8H,9-12H2,1-3H3;4-10H,1-3H3;4-8H,9-10H2,1-3H3. The Bertz CT molecular complexity index is 5810. The predicted molar refractivity (Wildman–Crippen MR) is 619 cm³/mol. The maximum Gasteiger partial charge on any atom is 0.127 e. The number of rotatable bonds is 11. The molecule has 0 unspecified atom stereocenters. The van der Waals surface area contributed by atoms with Gasteiger partial charge in [-0.2, -0.15) is 0 Å². The van der Waals surface area contributed by atoms with Crippen molar-refractivity contribution in [1.29, 1.82) is 0 Å². The zero-order chi connectivity index (χ0) is 103. The third kappa shape index (κ3) is 40.1. The second-order valence-corrected chi connectivity index (χ2v) is 48.3. The Kier molecular flexibility index (Phi) is 43.1. The molecule has 14 aromatic carbocycles. The van der Waals surface area contributed by atoms with Crippen LogP contribution in [0.15, 0.2) is 370 Å². The molecule has 748 valence electrons. The molecule has 3 aliphatic rings. The summed E-state index contributed by atoms with van der Waals surface area (Å²) >= 11 is 5.88. The van der Waals surface area contributed by atoms with Crippen LogP contribution < -0.4 is 9.64 Å². The maximum atomic E-state index is 5.88. The lowest BCUT2D eigenvalue weighted by molar-refractivity contribution is 0.0591. The molecular weight excluding hydrogens is 1730 g/mol. The molecule has 1 aliphatic carbocycles. The molecule has 2 aliphatic heterocycles. The van der Waals surface area contributed by atoms with Crippen molar-refractivity contribution in [3.63, 3.8) is 0 Å². The zero-order valence-corrected chi connectivity index (χ0v) is 92.4. The first kappa shape index (κ1) is 114. The predicted octanol–water partition coefficient (Wildman–Crippen LogP) is 37.4. The average molecular weight is 1910 g/mol. The quantitative estimate of drug-likeness (QED) is 0.128. The summed E-state index contributed by atoms with van der Waals surface area (Å²) in [5.74, 6) is 2.59. The van der Waals surface area contributed by atoms with Crippen molar-refractivity contribution in [3.05, 3.63) is 425 Å². The summed E-state index contributed by atoms with van der Waals surface area (Å²) in [6, 6.07) is 130. The minimum absolute atomic E-state index is 0.186. The molecule has 2 saturated heterocycles. The van der Waals surface area contributed by atoms with E-state index in [0.29, 0.717) is 16.5 Å². The first-order valence-electron chi connectivity index (χ1n) is 52.2. The molecule has 0 amide bonds. The summed E-state index contributed by atoms with van der Waals surface area (Å²) < 4.78 is 5.75. The topological polar surface area (TPSA) is 22.2 Å². The number of benzene rings is 14. The van der Waals surface area contributed by atoms with Gasteiger partial charge < -0.3 is 9.64 Å². The number of ether oxygens (including phenoxy) is 1. The van der Waals surface area contributed by atoms with Gasteiger partial charge in [0.25, 0.3) is 0 Å². The summed E-state index contributed by atoms with van der Waals surface area (Å²) in [6.07, 6.45) is 9.54. The highest BCUT2D eigenvalue weighted by Crippen LogP contribution is 2.38. The molecule has 0 bridgehead atoms. The smallest absolute Gasteiger partial charge is 0.127 e. The molecule has 0 radical (unpaired) electrons. The van der Waals surface area contributed by atoms with Crippen LogP contribution in [0.2, 0.25) is 5.02 Å². The molecular formula is C135H175ClN4O. The van der Waals surface area contributed by atoms with Crippen LogP contribution >= 0.6 is 11.6 Å². The van der Waals surface area contributed by atoms with Crippen LogP contribution in [0.4, 0.5) is 5.69 Å². The first-order chi connectivity index (χ1) is 66.5. The molecule has 3 fully saturated rings. The number of anilines is 1. The van der Waals surface area contributed by atoms with E-state index in [0.717, 1.165) is 42.1 Å². The number of hydrogen-bond donors (Lipinski definition) is 0. The number of piperazine rings is 2. The van der Waals surface area contributed by atoms with E-state index >= 15 is 0 Å². The largest absolute Gasteiger partial charge is 0.457 e. The molecule has 1 saturated carbocycles. The number of nitrogens with zero attached hydrogens (tertiary/aromatic N) is 4. The lowest BCUT2D eigenvalue weighted by Gasteiger charge is -2.43. The van der Waals surface area contributed by atoms with E-state index in [4.69, 9.17) is 16.3 Å². The fourth-order valence-corrected chi connectivity index (χ4v) is 17.6. The van der Waals surface area contributed by atoms with Crippen molar-refractivity contribution < 1.29 is 4.74 Å². The highest BCUT2D eigenvalue weighted by atomic mass is 35.5. The van der Waals surface area contributed by atoms with Gasteiger partial charge >= 0.3 is 0 Å². The van der Waals surface area contributed by atoms with Gasteiger partial charge in [-0.05, 0) is 254 Å². The van der Waals surface area contributed by atoms with E-state index in [9.17, 15) is 0 Å². The Morgan fingerprint density at radius 3 is 1.04 bits per heavy atom. The van der Waals surface area contributed by atoms with Crippen molar-refractivity contribution in [2.75, 3.05) is 57.3 Å². The normalized spacial score (nSPS) is 14.1. The summed E-state index contributed by atoms with van der Waals surface area (Å²) in [6.45, 7) is 71.5. The minimum atomic E-state index is 0.186. The Labute approximate surface area is 862 Å². The van der Waals surface area contributed by atoms with Gasteiger partial charge in [-0.15, -0.1) is 0 Å². The number of para-hydroxylation sites is 2. The Morgan fingerprint density at radius 1 is 0.277 bits per heavy atom. The van der Waals surface area contributed by atoms with E-state index in [1.807, 2.05) is 60.7 Å². The third-order valence-corrected chi connectivity index (χ3v) is 27.0. The minimum Gasteiger partial charge on any atom is -0.457 e. The van der Waals surface area contributed by atoms with Crippen LogP contribution in [0.3, 0.4) is 0 Å². The van der Waals surface area contributed by atoms with Crippen LogP contribution in [-0.2, 0) is 45.5 Å². The van der Waals surface area contributed by atoms with Gasteiger partial charge in [-0.1, -0.05) is 498 Å². The fraction of sp³-hybridized carbons (Fsp3) is 0.393. The van der Waals surface area contributed by atoms with Crippen LogP contribution in [0.5, 0.6) is 11.5 Å². The van der Waals surface area contributed by atoms with Gasteiger partial charge in [0.05, 0.1) is 0 Å². The number of aryl methyl sites for hydroxylation is 1. The summed E-state index contributed by atoms with van der Waals surface area (Å²) in [5.41, 5.74) is 24.2. The molecule has 0 N–H and O–H groups in total. The second kappa shape index (κ2) is 53.4. The lowest BCUT2D eigenvalue weighted by atomic mass is 9.81.